The van der Waals surface area contributed by atoms with Crippen molar-refractivity contribution in [1.82, 2.24) is 9.21 Å². The van der Waals surface area contributed by atoms with Crippen LogP contribution >= 0.6 is 11.3 Å². The van der Waals surface area contributed by atoms with Gasteiger partial charge in [-0.2, -0.15) is 4.31 Å². The highest BCUT2D eigenvalue weighted by atomic mass is 32.2. The van der Waals surface area contributed by atoms with Gasteiger partial charge in [0.25, 0.3) is 10.0 Å². The fourth-order valence-corrected chi connectivity index (χ4v) is 7.26. The molecule has 3 rings (SSSR count). The molecule has 7 nitrogen and oxygen atoms in total. The number of thiophene rings is 1. The normalized spacial score (nSPS) is 18.8. The zero-order chi connectivity index (χ0) is 20.5. The van der Waals surface area contributed by atoms with Crippen LogP contribution in [0.15, 0.2) is 4.21 Å². The number of rotatable bonds is 6. The number of amides is 1. The Morgan fingerprint density at radius 2 is 1.89 bits per heavy atom. The third-order valence-electron chi connectivity index (χ3n) is 5.63. The van der Waals surface area contributed by atoms with Crippen LogP contribution in [0.5, 0.6) is 0 Å². The van der Waals surface area contributed by atoms with Crippen LogP contribution in [0.2, 0.25) is 0 Å². The highest BCUT2D eigenvalue weighted by molar-refractivity contribution is 7.91. The van der Waals surface area contributed by atoms with Crippen molar-refractivity contribution in [2.75, 3.05) is 26.7 Å². The highest BCUT2D eigenvalue weighted by Gasteiger charge is 2.38. The number of hydrogen-bond donors (Lipinski definition) is 0. The van der Waals surface area contributed by atoms with E-state index in [9.17, 15) is 18.0 Å². The molecule has 0 saturated carbocycles. The molecule has 9 heteroatoms. The number of nitrogens with zero attached hydrogens (tertiary/aromatic N) is 2. The first kappa shape index (κ1) is 21.3. The molecule has 0 radical (unpaired) electrons. The number of esters is 1. The van der Waals surface area contributed by atoms with Crippen LogP contribution in [-0.2, 0) is 32.5 Å². The van der Waals surface area contributed by atoms with Crippen LogP contribution in [0.25, 0.3) is 0 Å². The van der Waals surface area contributed by atoms with Crippen molar-refractivity contribution >= 4 is 33.2 Å². The Morgan fingerprint density at radius 1 is 1.21 bits per heavy atom. The number of hydrogen-bond acceptors (Lipinski definition) is 6. The van der Waals surface area contributed by atoms with Gasteiger partial charge in [0, 0.05) is 30.9 Å². The van der Waals surface area contributed by atoms with Gasteiger partial charge in [0.15, 0.2) is 0 Å². The Kier molecular flexibility index (Phi) is 6.46. The number of methoxy groups -OCH3 is 1. The summed E-state index contributed by atoms with van der Waals surface area (Å²) in [5, 5.41) is 0. The number of carbonyl (C=O) groups excluding carboxylic acids is 2. The van der Waals surface area contributed by atoms with Crippen molar-refractivity contribution in [2.24, 2.45) is 5.92 Å². The molecule has 0 spiro atoms. The fourth-order valence-electron chi connectivity index (χ4n) is 3.70. The van der Waals surface area contributed by atoms with Crippen LogP contribution in [0.3, 0.4) is 0 Å². The molecule has 1 fully saturated rings. The molecule has 1 aromatic rings. The summed E-state index contributed by atoms with van der Waals surface area (Å²) in [6.45, 7) is 5.91. The van der Waals surface area contributed by atoms with Crippen LogP contribution in [-0.4, -0.2) is 56.2 Å². The van der Waals surface area contributed by atoms with E-state index in [2.05, 4.69) is 13.8 Å². The quantitative estimate of drug-likeness (QED) is 0.651. The minimum absolute atomic E-state index is 0.0717. The molecular weight excluding hydrogens is 400 g/mol. The Balaban J connectivity index is 1.94. The predicted octanol–water partition coefficient (Wildman–Crippen LogP) is 2.64. The van der Waals surface area contributed by atoms with E-state index in [1.54, 1.807) is 4.90 Å². The maximum Gasteiger partial charge on any atom is 0.340 e. The van der Waals surface area contributed by atoms with Gasteiger partial charge in [-0.05, 0) is 30.7 Å². The summed E-state index contributed by atoms with van der Waals surface area (Å²) in [5.74, 6) is -0.222. The first-order valence-corrected chi connectivity index (χ1v) is 12.1. The van der Waals surface area contributed by atoms with E-state index in [-0.39, 0.29) is 15.7 Å². The molecule has 1 aromatic heterocycles. The van der Waals surface area contributed by atoms with E-state index in [4.69, 9.17) is 4.74 Å². The molecule has 0 unspecified atom stereocenters. The number of fused-ring (bicyclic) bond motifs is 1. The van der Waals surface area contributed by atoms with Crippen molar-refractivity contribution in [1.29, 1.82) is 0 Å². The average molecular weight is 429 g/mol. The molecule has 28 heavy (non-hydrogen) atoms. The maximum atomic E-state index is 13.1. The zero-order valence-electron chi connectivity index (χ0n) is 16.7. The van der Waals surface area contributed by atoms with Gasteiger partial charge in [-0.3, -0.25) is 4.79 Å². The van der Waals surface area contributed by atoms with E-state index >= 15 is 0 Å². The number of ether oxygens (including phenoxy) is 1. The smallest absolute Gasteiger partial charge is 0.340 e. The summed E-state index contributed by atoms with van der Waals surface area (Å²) in [4.78, 5) is 27.6. The second-order valence-corrected chi connectivity index (χ2v) is 10.8. The lowest BCUT2D eigenvalue weighted by atomic mass is 10.0. The minimum Gasteiger partial charge on any atom is -0.465 e. The first-order chi connectivity index (χ1) is 13.3. The molecule has 2 aliphatic rings. The topological polar surface area (TPSA) is 84.0 Å². The van der Waals surface area contributed by atoms with Gasteiger partial charge in [-0.25, -0.2) is 13.2 Å². The third-order valence-corrected chi connectivity index (χ3v) is 9.24. The molecule has 0 bridgehead atoms. The van der Waals surface area contributed by atoms with Crippen molar-refractivity contribution in [3.05, 3.63) is 16.0 Å². The van der Waals surface area contributed by atoms with Crippen molar-refractivity contribution in [3.63, 3.8) is 0 Å². The lowest BCUT2D eigenvalue weighted by Crippen LogP contribution is -2.36. The van der Waals surface area contributed by atoms with E-state index < -0.39 is 16.0 Å². The molecular formula is C19H28N2O5S2. The second kappa shape index (κ2) is 8.51. The fraction of sp³-hybridized carbons (Fsp3) is 0.684. The average Bonchev–Trinajstić information content (AvgIpc) is 3.35. The monoisotopic (exact) mass is 428 g/mol. The minimum atomic E-state index is -3.73. The van der Waals surface area contributed by atoms with Crippen molar-refractivity contribution in [2.45, 2.75) is 56.7 Å². The van der Waals surface area contributed by atoms with Gasteiger partial charge in [0.2, 0.25) is 5.91 Å². The Hall–Kier alpha value is -1.45. The molecule has 3 heterocycles. The van der Waals surface area contributed by atoms with Crippen LogP contribution < -0.4 is 0 Å². The van der Waals surface area contributed by atoms with Gasteiger partial charge in [-0.15, -0.1) is 11.3 Å². The van der Waals surface area contributed by atoms with Crippen molar-refractivity contribution in [3.8, 4) is 0 Å². The van der Waals surface area contributed by atoms with Gasteiger partial charge in [-0.1, -0.05) is 20.3 Å². The number of sulfonamides is 1. The SMILES string of the molecule is CC[C@H](C)CC(=O)N1CCc2c(sc(S(=O)(=O)N3CCCC3)c2C(=O)OC)C1. The van der Waals surface area contributed by atoms with Crippen LogP contribution in [0.1, 0.15) is 60.3 Å². The third kappa shape index (κ3) is 3.97. The summed E-state index contributed by atoms with van der Waals surface area (Å²) in [5.41, 5.74) is 0.894. The second-order valence-electron chi connectivity index (χ2n) is 7.55. The van der Waals surface area contributed by atoms with Gasteiger partial charge < -0.3 is 9.64 Å². The largest absolute Gasteiger partial charge is 0.465 e. The molecule has 1 amide bonds. The van der Waals surface area contributed by atoms with Crippen LogP contribution in [0, 0.1) is 5.92 Å². The summed E-state index contributed by atoms with van der Waals surface area (Å²) in [6.07, 6.45) is 3.55. The zero-order valence-corrected chi connectivity index (χ0v) is 18.3. The van der Waals surface area contributed by atoms with Gasteiger partial charge >= 0.3 is 5.97 Å². The molecule has 0 aliphatic carbocycles. The highest BCUT2D eigenvalue weighted by Crippen LogP contribution is 2.39. The molecule has 0 aromatic carbocycles. The molecule has 2 aliphatic heterocycles. The van der Waals surface area contributed by atoms with E-state index in [1.807, 2.05) is 0 Å². The lowest BCUT2D eigenvalue weighted by molar-refractivity contribution is -0.133. The Bertz CT molecular complexity index is 856. The lowest BCUT2D eigenvalue weighted by Gasteiger charge is -2.28. The molecule has 156 valence electrons. The van der Waals surface area contributed by atoms with E-state index in [1.165, 1.54) is 11.4 Å². The predicted molar refractivity (Wildman–Crippen MR) is 107 cm³/mol. The van der Waals surface area contributed by atoms with Gasteiger partial charge in [0.05, 0.1) is 19.2 Å². The standard InChI is InChI=1S/C19H28N2O5S2/c1-4-13(2)11-16(22)20-10-7-14-15(12-20)27-19(17(14)18(23)26-3)28(24,25)21-8-5-6-9-21/h13H,4-12H2,1-3H3/t13-/m0/s1. The summed E-state index contributed by atoms with van der Waals surface area (Å²) in [6, 6.07) is 0. The van der Waals surface area contributed by atoms with Gasteiger partial charge in [0.1, 0.15) is 4.21 Å². The molecule has 1 saturated heterocycles. The Labute approximate surface area is 170 Å². The molecule has 1 atom stereocenters. The van der Waals surface area contributed by atoms with Crippen molar-refractivity contribution < 1.29 is 22.7 Å². The maximum absolute atomic E-state index is 13.1. The van der Waals surface area contributed by atoms with E-state index in [0.717, 1.165) is 41.0 Å². The summed E-state index contributed by atoms with van der Waals surface area (Å²) >= 11 is 1.12. The van der Waals surface area contributed by atoms with Crippen LogP contribution in [0.4, 0.5) is 0 Å². The summed E-state index contributed by atoms with van der Waals surface area (Å²) in [7, 11) is -2.46. The van der Waals surface area contributed by atoms with E-state index in [0.29, 0.717) is 44.9 Å². The first-order valence-electron chi connectivity index (χ1n) is 9.80. The Morgan fingerprint density at radius 3 is 2.50 bits per heavy atom. The summed E-state index contributed by atoms with van der Waals surface area (Å²) < 4.78 is 32.7. The number of carbonyl (C=O) groups is 2. The molecule has 0 N–H and O–H groups in total.